The average Bonchev–Trinajstić information content (AvgIpc) is 2.75. The number of Topliss-reactive ketones (excluding diaryl/α,β-unsaturated/α-hetero) is 1. The summed E-state index contributed by atoms with van der Waals surface area (Å²) in [6.07, 6.45) is 11.9. The summed E-state index contributed by atoms with van der Waals surface area (Å²) in [6, 6.07) is 24.0. The van der Waals surface area contributed by atoms with Crippen LogP contribution in [-0.2, 0) is 23.8 Å². The van der Waals surface area contributed by atoms with E-state index >= 15 is 0 Å². The summed E-state index contributed by atoms with van der Waals surface area (Å²) in [5.74, 6) is 2.06. The molecule has 0 aliphatic carbocycles. The first-order chi connectivity index (χ1) is 39.7. The third kappa shape index (κ3) is 10.3. The average molecular weight is 1150 g/mol. The van der Waals surface area contributed by atoms with Gasteiger partial charge in [0.2, 0.25) is 6.08 Å². The number of hydrogen-bond acceptors (Lipinski definition) is 18. The number of rotatable bonds is 2. The number of nitrogen functional groups attached to an aromatic ring is 4. The lowest BCUT2D eigenvalue weighted by Gasteiger charge is -2.41. The molecule has 20 nitrogen and oxygen atoms in total. The number of aromatic nitrogens is 1. The van der Waals surface area contributed by atoms with Crippen molar-refractivity contribution in [2.24, 2.45) is 4.99 Å². The molecule has 2 spiro atoms. The van der Waals surface area contributed by atoms with Gasteiger partial charge in [0, 0.05) is 137 Å². The lowest BCUT2D eigenvalue weighted by atomic mass is 9.92. The first kappa shape index (κ1) is 56.1. The van der Waals surface area contributed by atoms with E-state index in [1.807, 2.05) is 69.3 Å². The lowest BCUT2D eigenvalue weighted by Crippen LogP contribution is -2.46. The van der Waals surface area contributed by atoms with E-state index in [9.17, 15) is 33.6 Å². The number of amides is 4. The molecule has 4 atom stereocenters. The van der Waals surface area contributed by atoms with Crippen molar-refractivity contribution in [1.82, 2.24) is 24.6 Å². The van der Waals surface area contributed by atoms with E-state index in [2.05, 4.69) is 38.2 Å². The first-order valence-electron chi connectivity index (χ1n) is 27.6. The van der Waals surface area contributed by atoms with Crippen molar-refractivity contribution >= 4 is 93.4 Å². The van der Waals surface area contributed by atoms with E-state index < -0.39 is 11.8 Å². The van der Waals surface area contributed by atoms with Crippen LogP contribution in [0.2, 0.25) is 0 Å². The highest BCUT2D eigenvalue weighted by atomic mass is 32.2. The second kappa shape index (κ2) is 23.2. The van der Waals surface area contributed by atoms with E-state index in [0.29, 0.717) is 66.6 Å². The Labute approximate surface area is 482 Å². The van der Waals surface area contributed by atoms with Crippen LogP contribution < -0.4 is 22.9 Å². The Morgan fingerprint density at radius 3 is 1.66 bits per heavy atom. The fraction of sp³-hybridized carbons (Fsp3) is 0.400. The molecule has 15 rings (SSSR count). The second-order valence-electron chi connectivity index (χ2n) is 21.5. The monoisotopic (exact) mass is 1150 g/mol. The van der Waals surface area contributed by atoms with Gasteiger partial charge in [-0.15, -0.1) is 23.5 Å². The Balaban J connectivity index is 0.000000108. The fourth-order valence-corrected chi connectivity index (χ4v) is 16.5. The minimum absolute atomic E-state index is 0.00412. The molecular formula is C60H64N10O10S2. The molecule has 11 heterocycles. The van der Waals surface area contributed by atoms with Gasteiger partial charge in [-0.05, 0) is 86.7 Å². The van der Waals surface area contributed by atoms with Crippen molar-refractivity contribution in [3.8, 4) is 0 Å². The number of nitrogens with zero attached hydrogens (tertiary/aromatic N) is 6. The summed E-state index contributed by atoms with van der Waals surface area (Å²) < 4.78 is 16.3. The van der Waals surface area contributed by atoms with Crippen LogP contribution in [0.5, 0.6) is 0 Å². The Morgan fingerprint density at radius 2 is 1.12 bits per heavy atom. The van der Waals surface area contributed by atoms with Crippen LogP contribution in [0, 0.1) is 0 Å². The highest BCUT2D eigenvalue weighted by molar-refractivity contribution is 8.21. The summed E-state index contributed by atoms with van der Waals surface area (Å²) in [5, 5.41) is 0. The molecule has 4 aromatic carbocycles. The van der Waals surface area contributed by atoms with Crippen molar-refractivity contribution in [3.05, 3.63) is 141 Å². The molecule has 0 saturated carbocycles. The van der Waals surface area contributed by atoms with Crippen molar-refractivity contribution in [2.75, 3.05) is 80.9 Å². The zero-order valence-electron chi connectivity index (χ0n) is 45.4. The summed E-state index contributed by atoms with van der Waals surface area (Å²) in [6.45, 7) is 4.22. The summed E-state index contributed by atoms with van der Waals surface area (Å²) in [4.78, 5) is 96.1. The number of pyridine rings is 1. The Kier molecular flexibility index (Phi) is 15.9. The topological polar surface area (TPSA) is 289 Å². The number of ketones is 1. The van der Waals surface area contributed by atoms with Crippen LogP contribution >= 0.6 is 23.5 Å². The van der Waals surface area contributed by atoms with Crippen molar-refractivity contribution in [1.29, 1.82) is 0 Å². The number of carbonyl (C=O) groups is 6. The van der Waals surface area contributed by atoms with E-state index in [4.69, 9.17) is 32.4 Å². The first-order valence-corrected chi connectivity index (χ1v) is 29.6. The van der Waals surface area contributed by atoms with Crippen molar-refractivity contribution in [2.45, 2.75) is 91.8 Å². The number of piperidine rings is 4. The van der Waals surface area contributed by atoms with E-state index in [1.165, 1.54) is 49.6 Å². The molecule has 426 valence electrons. The van der Waals surface area contributed by atoms with Crippen LogP contribution in [0.1, 0.15) is 156 Å². The zero-order valence-corrected chi connectivity index (χ0v) is 47.0. The van der Waals surface area contributed by atoms with Gasteiger partial charge in [0.15, 0.2) is 5.79 Å². The molecule has 6 fully saturated rings. The molecule has 4 unspecified atom stereocenters. The molecule has 10 aliphatic rings. The normalized spacial score (nSPS) is 23.1. The molecule has 22 heteroatoms. The molecular weight excluding hydrogens is 1080 g/mol. The summed E-state index contributed by atoms with van der Waals surface area (Å²) in [5.41, 5.74) is 34.3. The smallest absolute Gasteiger partial charge is 0.340 e. The van der Waals surface area contributed by atoms with Crippen LogP contribution in [0.4, 0.5) is 28.4 Å². The van der Waals surface area contributed by atoms with Gasteiger partial charge < -0.3 is 56.7 Å². The van der Waals surface area contributed by atoms with Gasteiger partial charge >= 0.3 is 5.97 Å². The molecule has 8 N–H and O–H groups in total. The predicted octanol–water partition coefficient (Wildman–Crippen LogP) is 7.95. The molecule has 0 radical (unpaired) electrons. The quantitative estimate of drug-likeness (QED) is 0.0564. The SMILES string of the molecule is COC(=O)c1ccncc1N=C=O.Nc1cccc2c1C1CC(=O)CCN1C2=O.Nc1cccc2c1C1CC3(CCN1C2=O)OCCO3.Nc1cccc2c1C1CC3(CCN1C2=O)SCCS3.Nc1cccc2c1C1CCCCN1C2=O. The van der Waals surface area contributed by atoms with Gasteiger partial charge in [0.1, 0.15) is 11.5 Å². The van der Waals surface area contributed by atoms with Gasteiger partial charge in [0.25, 0.3) is 23.6 Å². The summed E-state index contributed by atoms with van der Waals surface area (Å²) in [7, 11) is 1.25. The third-order valence-corrected chi connectivity index (χ3v) is 20.6. The van der Waals surface area contributed by atoms with Gasteiger partial charge in [-0.2, -0.15) is 4.99 Å². The minimum atomic E-state index is -0.559. The molecule has 10 aliphatic heterocycles. The number of esters is 1. The highest BCUT2D eigenvalue weighted by Crippen LogP contribution is 2.57. The molecule has 6 saturated heterocycles. The Morgan fingerprint density at radius 1 is 0.634 bits per heavy atom. The summed E-state index contributed by atoms with van der Waals surface area (Å²) >= 11 is 4.16. The number of methoxy groups -OCH3 is 1. The Bertz CT molecular complexity index is 3340. The number of fused-ring (bicyclic) bond motifs is 12. The number of aliphatic imine (C=N–C) groups is 1. The van der Waals surface area contributed by atoms with Gasteiger partial charge in [-0.25, -0.2) is 9.59 Å². The number of anilines is 4. The predicted molar refractivity (Wildman–Crippen MR) is 311 cm³/mol. The zero-order chi connectivity index (χ0) is 57.5. The van der Waals surface area contributed by atoms with E-state index in [-0.39, 0.29) is 64.8 Å². The second-order valence-corrected chi connectivity index (χ2v) is 24.7. The molecule has 1 aromatic heterocycles. The highest BCUT2D eigenvalue weighted by Gasteiger charge is 2.52. The number of benzene rings is 4. The maximum atomic E-state index is 12.4. The number of hydrogen-bond donors (Lipinski definition) is 4. The fourth-order valence-electron chi connectivity index (χ4n) is 13.2. The number of ether oxygens (including phenoxy) is 3. The van der Waals surface area contributed by atoms with E-state index in [0.717, 1.165) is 95.5 Å². The van der Waals surface area contributed by atoms with Crippen molar-refractivity contribution < 1.29 is 47.8 Å². The van der Waals surface area contributed by atoms with Crippen LogP contribution in [0.15, 0.2) is 96.2 Å². The number of thioether (sulfide) groups is 2. The molecule has 0 bridgehead atoms. The minimum Gasteiger partial charge on any atom is -0.465 e. The van der Waals surface area contributed by atoms with Crippen LogP contribution in [0.25, 0.3) is 0 Å². The standard InChI is InChI=1S/C14H16N2O3.C14H16N2OS2.C12H12N2O2.C12H14N2O.C8H6N2O3/c2*15-10-3-1-2-9-12(10)11-8-14(18-6-7-19-14)4-5-16(11)13(9)17;13-9-3-1-2-8-11(9)10-6-7(15)4-5-14(10)12(8)16;13-9-5-3-4-8-11(9)10-6-1-2-7-14(10)12(8)15;1-13-8(12)6-2-3-9-4-7(6)10-5-11/h2*1-3,11H,4-8,15H2;1-3,10H,4-6,13H2;3-5,10H,1-2,6-7,13H2;2-4H,1H3. The number of nitrogens with two attached hydrogens (primary N) is 4. The maximum Gasteiger partial charge on any atom is 0.340 e. The van der Waals surface area contributed by atoms with Gasteiger partial charge in [-0.1, -0.05) is 24.3 Å². The van der Waals surface area contributed by atoms with Gasteiger partial charge in [0.05, 0.1) is 60.3 Å². The Hall–Kier alpha value is -7.75. The molecule has 5 aromatic rings. The molecule has 82 heavy (non-hydrogen) atoms. The number of carbonyl (C=O) groups excluding carboxylic acids is 7. The number of isocyanates is 1. The van der Waals surface area contributed by atoms with Crippen molar-refractivity contribution in [3.63, 3.8) is 0 Å². The van der Waals surface area contributed by atoms with E-state index in [1.54, 1.807) is 23.1 Å². The van der Waals surface area contributed by atoms with Crippen LogP contribution in [-0.4, -0.2) is 134 Å². The maximum absolute atomic E-state index is 12.4. The lowest BCUT2D eigenvalue weighted by molar-refractivity contribution is -0.191. The van der Waals surface area contributed by atoms with Gasteiger partial charge in [-0.3, -0.25) is 29.0 Å². The third-order valence-electron chi connectivity index (χ3n) is 17.0. The largest absolute Gasteiger partial charge is 0.465 e. The molecule has 4 amide bonds. The van der Waals surface area contributed by atoms with Crippen LogP contribution in [0.3, 0.4) is 0 Å².